The van der Waals surface area contributed by atoms with Crippen LogP contribution in [0.4, 0.5) is 0 Å². The van der Waals surface area contributed by atoms with E-state index in [0.717, 1.165) is 17.7 Å². The van der Waals surface area contributed by atoms with Crippen LogP contribution in [0.5, 0.6) is 0 Å². The zero-order valence-electron chi connectivity index (χ0n) is 57.3. The lowest BCUT2D eigenvalue weighted by Crippen LogP contribution is -2.35. The molecule has 10 atom stereocenters. The highest BCUT2D eigenvalue weighted by Gasteiger charge is 2.24. The number of hydrogen-bond donors (Lipinski definition) is 12. The minimum Gasteiger partial charge on any atom is -0.481 e. The number of methoxy groups -OCH3 is 5. The number of amides is 5. The summed E-state index contributed by atoms with van der Waals surface area (Å²) in [4.78, 5) is 80.0. The molecule has 1 aliphatic rings. The molecule has 562 valence electrons. The van der Waals surface area contributed by atoms with Crippen molar-refractivity contribution in [3.05, 3.63) is 12.2 Å². The molecule has 35 heteroatoms. The molecule has 10 unspecified atom stereocenters. The third-order valence-electron chi connectivity index (χ3n) is 12.4. The van der Waals surface area contributed by atoms with Gasteiger partial charge in [-0.25, -0.2) is 0 Å². The molecule has 0 fully saturated rings. The van der Waals surface area contributed by atoms with E-state index in [1.54, 1.807) is 7.11 Å². The van der Waals surface area contributed by atoms with Crippen LogP contribution in [0.2, 0.25) is 0 Å². The summed E-state index contributed by atoms with van der Waals surface area (Å²) in [6.07, 6.45) is 3.03. The summed E-state index contributed by atoms with van der Waals surface area (Å²) >= 11 is 4.45. The monoisotopic (exact) mass is 1440 g/mol. The van der Waals surface area contributed by atoms with Gasteiger partial charge in [0.15, 0.2) is 31.5 Å². The number of carboxylic acid groups (broad SMARTS) is 2. The van der Waals surface area contributed by atoms with Gasteiger partial charge in [-0.15, -0.1) is 0 Å². The van der Waals surface area contributed by atoms with E-state index in [1.807, 2.05) is 34.6 Å². The van der Waals surface area contributed by atoms with Crippen LogP contribution in [-0.2, 0) is 90.4 Å². The lowest BCUT2D eigenvalue weighted by Gasteiger charge is -2.21. The number of rotatable bonds is 57. The maximum Gasteiger partial charge on any atom is 0.304 e. The number of carbonyl (C=O) groups excluding carboxylic acids is 5. The number of aliphatic carboxylic acids is 2. The van der Waals surface area contributed by atoms with Crippen LogP contribution in [0.15, 0.2) is 12.2 Å². The van der Waals surface area contributed by atoms with Crippen LogP contribution in [0.25, 0.3) is 0 Å². The number of carbonyl (C=O) groups is 7. The molecule has 0 saturated heterocycles. The lowest BCUT2D eigenvalue weighted by atomic mass is 10.3. The Balaban J connectivity index is -0.000000627. The fourth-order valence-corrected chi connectivity index (χ4v) is 9.24. The summed E-state index contributed by atoms with van der Waals surface area (Å²) in [6.45, 7) is 11.0. The van der Waals surface area contributed by atoms with Gasteiger partial charge in [-0.2, -0.15) is 35.3 Å². The quantitative estimate of drug-likeness (QED) is 0.0222. The molecule has 0 aromatic heterocycles. The first-order chi connectivity index (χ1) is 45.6. The molecular weight excluding hydrogens is 1320 g/mol. The Labute approximate surface area is 573 Å². The maximum absolute atomic E-state index is 11.9. The van der Waals surface area contributed by atoms with Gasteiger partial charge in [0.2, 0.25) is 17.7 Å². The first-order valence-electron chi connectivity index (χ1n) is 31.5. The number of ether oxygens (including phenoxy) is 12. The Hall–Kier alpha value is -3.48. The van der Waals surface area contributed by atoms with Crippen molar-refractivity contribution in [2.75, 3.05) is 169 Å². The highest BCUT2D eigenvalue weighted by Crippen LogP contribution is 2.15. The minimum atomic E-state index is -0.802. The summed E-state index contributed by atoms with van der Waals surface area (Å²) in [6, 6.07) is 0. The van der Waals surface area contributed by atoms with E-state index in [4.69, 9.17) is 97.7 Å². The molecule has 32 nitrogen and oxygen atoms in total. The van der Waals surface area contributed by atoms with Crippen LogP contribution in [-0.4, -0.2) is 323 Å². The summed E-state index contributed by atoms with van der Waals surface area (Å²) in [5.41, 5.74) is 0. The van der Waals surface area contributed by atoms with E-state index >= 15 is 0 Å². The Morgan fingerprint density at radius 3 is 1.00 bits per heavy atom. The Morgan fingerprint density at radius 2 is 0.695 bits per heavy atom. The van der Waals surface area contributed by atoms with Crippen LogP contribution in [0.3, 0.4) is 0 Å². The normalized spacial score (nSPS) is 14.9. The molecule has 1 heterocycles. The third kappa shape index (κ3) is 60.2. The largest absolute Gasteiger partial charge is 0.481 e. The van der Waals surface area contributed by atoms with Crippen LogP contribution >= 0.6 is 35.3 Å². The van der Waals surface area contributed by atoms with Crippen molar-refractivity contribution in [2.24, 2.45) is 0 Å². The van der Waals surface area contributed by atoms with Gasteiger partial charge >= 0.3 is 11.9 Å². The molecule has 0 aromatic carbocycles. The van der Waals surface area contributed by atoms with Crippen molar-refractivity contribution in [2.45, 2.75) is 161 Å². The first-order valence-corrected chi connectivity index (χ1v) is 34.9. The predicted octanol–water partition coefficient (Wildman–Crippen LogP) is 0.343. The smallest absolute Gasteiger partial charge is 0.304 e. The number of thioether (sulfide) groups is 3. The van der Waals surface area contributed by atoms with Crippen molar-refractivity contribution in [1.29, 1.82) is 0 Å². The summed E-state index contributed by atoms with van der Waals surface area (Å²) in [5, 5.41) is 86.8. The fraction of sp³-hybridized carbons (Fsp3) is 0.850. The third-order valence-corrected chi connectivity index (χ3v) is 15.4. The molecule has 95 heavy (non-hydrogen) atoms. The Morgan fingerprint density at radius 1 is 0.400 bits per heavy atom. The van der Waals surface area contributed by atoms with E-state index in [-0.39, 0.29) is 146 Å². The van der Waals surface area contributed by atoms with Crippen molar-refractivity contribution in [1.82, 2.24) is 20.9 Å². The van der Waals surface area contributed by atoms with Gasteiger partial charge in [-0.3, -0.25) is 38.5 Å². The second kappa shape index (κ2) is 70.4. The molecule has 0 aliphatic carbocycles. The van der Waals surface area contributed by atoms with Crippen LogP contribution in [0.1, 0.15) is 98.8 Å². The van der Waals surface area contributed by atoms with Crippen LogP contribution in [0, 0.1) is 0 Å². The highest BCUT2D eigenvalue weighted by molar-refractivity contribution is 7.99. The van der Waals surface area contributed by atoms with E-state index in [1.165, 1.54) is 75.9 Å². The minimum absolute atomic E-state index is 0.0224. The van der Waals surface area contributed by atoms with Gasteiger partial charge in [0.05, 0.1) is 116 Å². The topological polar surface area (TPSA) is 452 Å². The van der Waals surface area contributed by atoms with Crippen LogP contribution < -0.4 is 16.0 Å². The average Bonchev–Trinajstić information content (AvgIpc) is 1.82. The average molecular weight is 1440 g/mol. The lowest BCUT2D eigenvalue weighted by molar-refractivity contribution is -0.181. The Kier molecular flexibility index (Phi) is 72.5. The zero-order valence-corrected chi connectivity index (χ0v) is 59.8. The van der Waals surface area contributed by atoms with Crippen molar-refractivity contribution in [3.63, 3.8) is 0 Å². The zero-order chi connectivity index (χ0) is 72.5. The van der Waals surface area contributed by atoms with Gasteiger partial charge in [-0.05, 0) is 32.1 Å². The van der Waals surface area contributed by atoms with Gasteiger partial charge in [0.1, 0.15) is 0 Å². The number of hydrogen-bond acceptors (Lipinski definition) is 29. The predicted molar refractivity (Wildman–Crippen MR) is 356 cm³/mol. The van der Waals surface area contributed by atoms with E-state index in [0.29, 0.717) is 86.5 Å². The first kappa shape index (κ1) is 97.9. The van der Waals surface area contributed by atoms with E-state index in [9.17, 15) is 38.7 Å². The van der Waals surface area contributed by atoms with Crippen molar-refractivity contribution in [3.8, 4) is 0 Å². The number of aliphatic hydroxyl groups is 7. The second-order valence-corrected chi connectivity index (χ2v) is 23.1. The molecule has 0 saturated carbocycles. The van der Waals surface area contributed by atoms with Gasteiger partial charge in [0, 0.05) is 128 Å². The SMILES string of the molecule is CCC(CO)OC(CO)OC.CCC(CO)OC(CO)OC.CCC(CO)OC(CSCCC(=O)NCCNC(=O)CCOCCOCCNC(=O)CCN1C(=O)C=CC1=O)OC.CCC(CO)OC(CSCCC(=O)O)OC.CCC(CO)OC(CSCCC(=O)O)OC. The second-order valence-electron chi connectivity index (χ2n) is 19.6. The maximum atomic E-state index is 11.9. The van der Waals surface area contributed by atoms with Crippen molar-refractivity contribution >= 4 is 76.8 Å². The van der Waals surface area contributed by atoms with Crippen molar-refractivity contribution < 1.29 is 136 Å². The van der Waals surface area contributed by atoms with E-state index < -0.39 is 55.2 Å². The molecule has 0 spiro atoms. The molecule has 1 aliphatic heterocycles. The summed E-state index contributed by atoms with van der Waals surface area (Å²) in [5.74, 6) is 0.330. The molecule has 12 N–H and O–H groups in total. The molecule has 5 amide bonds. The van der Waals surface area contributed by atoms with Gasteiger partial charge in [0.25, 0.3) is 11.8 Å². The van der Waals surface area contributed by atoms with Gasteiger partial charge in [-0.1, -0.05) is 34.6 Å². The highest BCUT2D eigenvalue weighted by atomic mass is 32.2. The Bertz CT molecular complexity index is 1770. The standard InChI is InChI=1S/C26H44N4O10S.2C10H20O5S.2C7H16O4/c1-3-20(18-31)40-26(37-2)19-41-17-8-23(34)28-10-9-27-22(33)7-13-38-15-16-39-14-11-29-21(32)6-12-30-24(35)4-5-25(30)36;2*1-3-8(6-11)15-10(14-2)7-16-5-4-9(12)13;2*1-3-6(4-8)11-7(5-9)10-2/h4-5,20,26,31H,3,6-19H2,1-2H3,(H,27,33)(H,28,34)(H,29,32);2*8,10-11H,3-7H2,1-2H3,(H,12,13);2*6-9H,3-5H2,1-2H3. The fourth-order valence-electron chi connectivity index (χ4n) is 6.56. The number of imide groups is 1. The summed E-state index contributed by atoms with van der Waals surface area (Å²) < 4.78 is 62.4. The molecule has 0 aromatic rings. The number of nitrogens with one attached hydrogen (secondary N) is 3. The van der Waals surface area contributed by atoms with Gasteiger partial charge < -0.3 is 119 Å². The number of nitrogens with zero attached hydrogens (tertiary/aromatic N) is 1. The molecule has 0 radical (unpaired) electrons. The molecule has 1 rings (SSSR count). The molecular formula is C60H116N4O28S3. The number of aliphatic hydroxyl groups excluding tert-OH is 7. The molecule has 0 bridgehead atoms. The number of carboxylic acids is 2. The van der Waals surface area contributed by atoms with E-state index in [2.05, 4.69) is 16.0 Å². The summed E-state index contributed by atoms with van der Waals surface area (Å²) in [7, 11) is 7.51.